The molecule has 2 aromatic heterocycles. The zero-order valence-corrected chi connectivity index (χ0v) is 17.4. The molecule has 3 rings (SSSR count). The lowest BCUT2D eigenvalue weighted by molar-refractivity contribution is 0.0993. The Morgan fingerprint density at radius 3 is 2.77 bits per heavy atom. The monoisotopic (exact) mass is 421 g/mol. The Morgan fingerprint density at radius 1 is 1.23 bits per heavy atom. The Hall–Kier alpha value is -3.81. The number of amides is 1. The van der Waals surface area contributed by atoms with E-state index in [1.54, 1.807) is 56.7 Å². The average Bonchev–Trinajstić information content (AvgIpc) is 2.79. The topological polar surface area (TPSA) is 91.2 Å². The Kier molecular flexibility index (Phi) is 7.26. The molecule has 3 aromatic rings. The van der Waals surface area contributed by atoms with Crippen molar-refractivity contribution in [3.05, 3.63) is 83.6 Å². The van der Waals surface area contributed by atoms with Crippen LogP contribution in [0.25, 0.3) is 0 Å². The molecule has 8 heteroatoms. The summed E-state index contributed by atoms with van der Waals surface area (Å²) in [4.78, 5) is 23.1. The summed E-state index contributed by atoms with van der Waals surface area (Å²) in [6.07, 6.45) is 3.77. The first-order chi connectivity index (χ1) is 15.0. The lowest BCUT2D eigenvalue weighted by Gasteiger charge is -2.19. The Balaban J connectivity index is 1.84. The van der Waals surface area contributed by atoms with Crippen LogP contribution in [-0.4, -0.2) is 42.0 Å². The second kappa shape index (κ2) is 10.3. The molecule has 1 aromatic carbocycles. The van der Waals surface area contributed by atoms with E-state index in [2.05, 4.69) is 15.3 Å². The summed E-state index contributed by atoms with van der Waals surface area (Å²) in [5.74, 6) is -0.311. The van der Waals surface area contributed by atoms with Crippen molar-refractivity contribution >= 4 is 23.3 Å². The highest BCUT2D eigenvalue weighted by molar-refractivity contribution is 6.09. The lowest BCUT2D eigenvalue weighted by atomic mass is 10.1. The number of aromatic nitrogens is 2. The van der Waals surface area contributed by atoms with Crippen LogP contribution in [0.5, 0.6) is 0 Å². The highest BCUT2D eigenvalue weighted by Crippen LogP contribution is 2.20. The number of rotatable bonds is 8. The van der Waals surface area contributed by atoms with Crippen molar-refractivity contribution in [3.8, 4) is 0 Å². The Morgan fingerprint density at radius 2 is 2.06 bits per heavy atom. The van der Waals surface area contributed by atoms with Gasteiger partial charge in [0.05, 0.1) is 24.1 Å². The molecular weight excluding hydrogens is 397 g/mol. The van der Waals surface area contributed by atoms with Gasteiger partial charge >= 0.3 is 0 Å². The Labute approximate surface area is 180 Å². The van der Waals surface area contributed by atoms with Gasteiger partial charge in [0, 0.05) is 19.8 Å². The molecule has 0 saturated heterocycles. The number of anilines is 2. The molecule has 0 aliphatic carbocycles. The first kappa shape index (κ1) is 21.9. The van der Waals surface area contributed by atoms with Crippen LogP contribution in [0.2, 0.25) is 0 Å². The molecule has 160 valence electrons. The summed E-state index contributed by atoms with van der Waals surface area (Å²) in [5.41, 5.74) is 2.13. The molecule has 1 amide bonds. The molecule has 0 aliphatic rings. The van der Waals surface area contributed by atoms with Crippen LogP contribution >= 0.6 is 0 Å². The second-order valence-electron chi connectivity index (χ2n) is 6.74. The third-order valence-corrected chi connectivity index (χ3v) is 4.58. The summed E-state index contributed by atoms with van der Waals surface area (Å²) in [6.45, 7) is 2.56. The number of hydrogen-bond acceptors (Lipinski definition) is 6. The van der Waals surface area contributed by atoms with Crippen molar-refractivity contribution in [1.29, 1.82) is 5.41 Å². The van der Waals surface area contributed by atoms with Gasteiger partial charge in [0.25, 0.3) is 5.91 Å². The molecular formula is C23H24FN5O2. The molecule has 0 unspecified atom stereocenters. The van der Waals surface area contributed by atoms with E-state index in [1.807, 2.05) is 6.07 Å². The van der Waals surface area contributed by atoms with Crippen molar-refractivity contribution in [2.24, 2.45) is 0 Å². The summed E-state index contributed by atoms with van der Waals surface area (Å²) < 4.78 is 18.7. The van der Waals surface area contributed by atoms with Crippen molar-refractivity contribution in [2.45, 2.75) is 13.3 Å². The van der Waals surface area contributed by atoms with Gasteiger partial charge in [-0.25, -0.2) is 9.37 Å². The molecule has 2 N–H and O–H groups in total. The maximum atomic E-state index is 13.4. The lowest BCUT2D eigenvalue weighted by Crippen LogP contribution is -2.28. The number of nitrogens with one attached hydrogen (secondary N) is 2. The third-order valence-electron chi connectivity index (χ3n) is 4.58. The molecule has 0 bridgehead atoms. The second-order valence-corrected chi connectivity index (χ2v) is 6.74. The number of ether oxygens (including phenoxy) is 1. The molecule has 0 radical (unpaired) electrons. The fourth-order valence-corrected chi connectivity index (χ4v) is 2.98. The maximum Gasteiger partial charge on any atom is 0.261 e. The van der Waals surface area contributed by atoms with E-state index in [-0.39, 0.29) is 17.6 Å². The van der Waals surface area contributed by atoms with E-state index in [9.17, 15) is 9.18 Å². The predicted molar refractivity (Wildman–Crippen MR) is 118 cm³/mol. The van der Waals surface area contributed by atoms with E-state index >= 15 is 0 Å². The van der Waals surface area contributed by atoms with Crippen LogP contribution in [0.3, 0.4) is 0 Å². The highest BCUT2D eigenvalue weighted by Gasteiger charge is 2.20. The predicted octanol–water partition coefficient (Wildman–Crippen LogP) is 3.91. The Bertz CT molecular complexity index is 1060. The summed E-state index contributed by atoms with van der Waals surface area (Å²) in [7, 11) is 1.66. The van der Waals surface area contributed by atoms with Crippen LogP contribution < -0.4 is 10.2 Å². The molecule has 2 heterocycles. The zero-order chi connectivity index (χ0) is 22.2. The van der Waals surface area contributed by atoms with Crippen LogP contribution in [0.1, 0.15) is 28.5 Å². The number of hydrogen-bond donors (Lipinski definition) is 2. The smallest absolute Gasteiger partial charge is 0.261 e. The fourth-order valence-electron chi connectivity index (χ4n) is 2.98. The van der Waals surface area contributed by atoms with Gasteiger partial charge in [-0.15, -0.1) is 0 Å². The van der Waals surface area contributed by atoms with Crippen LogP contribution in [0.15, 0.2) is 60.9 Å². The summed E-state index contributed by atoms with van der Waals surface area (Å²) >= 11 is 0. The quantitative estimate of drug-likeness (QED) is 0.425. The van der Waals surface area contributed by atoms with Gasteiger partial charge in [-0.05, 0) is 55.3 Å². The standard InChI is InChI=1S/C23H24FN5O2/c1-3-31-21(25)20-10-9-19(23(30)29(2)18-8-5-12-26-15-18)22(28-20)27-13-11-16-6-4-7-17(24)14-16/h4-10,12,14-15,25H,3,11,13H2,1-2H3,(H,27,28). The summed E-state index contributed by atoms with van der Waals surface area (Å²) in [6, 6.07) is 13.1. The SMILES string of the molecule is CCOC(=N)c1ccc(C(=O)N(C)c2cccnc2)c(NCCc2cccc(F)c2)n1. The zero-order valence-electron chi connectivity index (χ0n) is 17.4. The van der Waals surface area contributed by atoms with E-state index in [1.165, 1.54) is 17.0 Å². The van der Waals surface area contributed by atoms with Gasteiger partial charge in [-0.1, -0.05) is 12.1 Å². The van der Waals surface area contributed by atoms with Gasteiger partial charge in [-0.3, -0.25) is 15.2 Å². The average molecular weight is 421 g/mol. The number of halogens is 1. The molecule has 0 fully saturated rings. The van der Waals surface area contributed by atoms with Crippen molar-refractivity contribution in [3.63, 3.8) is 0 Å². The number of carbonyl (C=O) groups is 1. The molecule has 0 aliphatic heterocycles. The highest BCUT2D eigenvalue weighted by atomic mass is 19.1. The minimum Gasteiger partial charge on any atom is -0.477 e. The van der Waals surface area contributed by atoms with Gasteiger partial charge in [0.1, 0.15) is 17.3 Å². The molecule has 0 atom stereocenters. The van der Waals surface area contributed by atoms with Crippen molar-refractivity contribution in [2.75, 3.05) is 30.4 Å². The number of carbonyl (C=O) groups excluding carboxylic acids is 1. The van der Waals surface area contributed by atoms with Gasteiger partial charge in [0.15, 0.2) is 0 Å². The molecule has 31 heavy (non-hydrogen) atoms. The third kappa shape index (κ3) is 5.63. The number of pyridine rings is 2. The van der Waals surface area contributed by atoms with Gasteiger partial charge in [-0.2, -0.15) is 0 Å². The maximum absolute atomic E-state index is 13.4. The van der Waals surface area contributed by atoms with Crippen LogP contribution in [-0.2, 0) is 11.2 Å². The van der Waals surface area contributed by atoms with Crippen LogP contribution in [0, 0.1) is 11.2 Å². The van der Waals surface area contributed by atoms with E-state index in [4.69, 9.17) is 10.1 Å². The van der Waals surface area contributed by atoms with Gasteiger partial charge in [0.2, 0.25) is 5.90 Å². The molecule has 7 nitrogen and oxygen atoms in total. The number of benzene rings is 1. The molecule has 0 saturated carbocycles. The first-order valence-electron chi connectivity index (χ1n) is 9.88. The van der Waals surface area contributed by atoms with Crippen molar-refractivity contribution in [1.82, 2.24) is 9.97 Å². The van der Waals surface area contributed by atoms with Crippen molar-refractivity contribution < 1.29 is 13.9 Å². The normalized spacial score (nSPS) is 10.4. The number of nitrogens with zero attached hydrogens (tertiary/aromatic N) is 3. The fraction of sp³-hybridized carbons (Fsp3) is 0.217. The largest absolute Gasteiger partial charge is 0.477 e. The first-order valence-corrected chi connectivity index (χ1v) is 9.88. The van der Waals surface area contributed by atoms with E-state index < -0.39 is 0 Å². The van der Waals surface area contributed by atoms with Gasteiger partial charge < -0.3 is 15.0 Å². The minimum absolute atomic E-state index is 0.0738. The molecule has 0 spiro atoms. The van der Waals surface area contributed by atoms with E-state index in [0.29, 0.717) is 42.3 Å². The van der Waals surface area contributed by atoms with Crippen LogP contribution in [0.4, 0.5) is 15.9 Å². The summed E-state index contributed by atoms with van der Waals surface area (Å²) in [5, 5.41) is 11.2. The van der Waals surface area contributed by atoms with E-state index in [0.717, 1.165) is 5.56 Å². The minimum atomic E-state index is -0.295.